The Labute approximate surface area is 218 Å². The van der Waals surface area contributed by atoms with E-state index in [2.05, 4.69) is 19.5 Å². The molecule has 37 heavy (non-hydrogen) atoms. The molecule has 0 spiro atoms. The topological polar surface area (TPSA) is 167 Å². The number of nitrogens with zero attached hydrogens (tertiary/aromatic N) is 2. The number of rotatable bonds is 11. The Hall–Kier alpha value is -3.00. The van der Waals surface area contributed by atoms with Crippen LogP contribution < -0.4 is 5.73 Å². The van der Waals surface area contributed by atoms with Gasteiger partial charge in [0.25, 0.3) is 0 Å². The van der Waals surface area contributed by atoms with E-state index in [0.29, 0.717) is 37.4 Å². The van der Waals surface area contributed by atoms with E-state index >= 15 is 0 Å². The Balaban J connectivity index is 0.000000387. The van der Waals surface area contributed by atoms with Crippen molar-refractivity contribution in [3.05, 3.63) is 41.7 Å². The number of hydrogen-bond donors (Lipinski definition) is 2. The van der Waals surface area contributed by atoms with Crippen molar-refractivity contribution < 1.29 is 42.2 Å². The fraction of sp³-hybridized carbons (Fsp3) is 0.542. The van der Waals surface area contributed by atoms with Gasteiger partial charge in [0.15, 0.2) is 0 Å². The van der Waals surface area contributed by atoms with Crippen molar-refractivity contribution in [1.29, 1.82) is 0 Å². The lowest BCUT2D eigenvalue weighted by Crippen LogP contribution is -2.46. The molecule has 3 N–H and O–H groups in total. The summed E-state index contributed by atoms with van der Waals surface area (Å²) in [5.41, 5.74) is 5.62. The van der Waals surface area contributed by atoms with E-state index in [1.165, 1.54) is 4.31 Å². The number of benzene rings is 1. The third-order valence-corrected chi connectivity index (χ3v) is 7.12. The molecule has 0 aromatic heterocycles. The van der Waals surface area contributed by atoms with E-state index in [0.717, 1.165) is 18.0 Å². The maximum atomic E-state index is 12.6. The van der Waals surface area contributed by atoms with Crippen molar-refractivity contribution >= 4 is 28.3 Å². The van der Waals surface area contributed by atoms with E-state index in [1.54, 1.807) is 26.0 Å². The van der Waals surface area contributed by atoms with Crippen molar-refractivity contribution in [3.63, 3.8) is 0 Å². The van der Waals surface area contributed by atoms with Gasteiger partial charge in [0.2, 0.25) is 15.8 Å². The third kappa shape index (κ3) is 10.9. The largest absolute Gasteiger partial charge is 0.463 e. The molecule has 13 heteroatoms. The minimum Gasteiger partial charge on any atom is -0.463 e. The molecule has 0 amide bonds. The van der Waals surface area contributed by atoms with Gasteiger partial charge in [0.05, 0.1) is 43.0 Å². The van der Waals surface area contributed by atoms with E-state index in [9.17, 15) is 18.0 Å². The molecule has 0 radical (unpaired) electrons. The maximum Gasteiger partial charge on any atom is 0.377 e. The third-order valence-electron chi connectivity index (χ3n) is 5.20. The second kappa shape index (κ2) is 16.0. The Kier molecular flexibility index (Phi) is 13.8. The number of carbonyl (C=O) groups is 2. The fourth-order valence-corrected chi connectivity index (χ4v) is 4.64. The molecule has 0 bridgehead atoms. The number of hydrogen-bond acceptors (Lipinski definition) is 10. The minimum atomic E-state index is -3.42. The number of oxime groups is 1. The van der Waals surface area contributed by atoms with Gasteiger partial charge in [-0.25, -0.2) is 18.0 Å². The van der Waals surface area contributed by atoms with Crippen LogP contribution in [0.25, 0.3) is 0 Å². The van der Waals surface area contributed by atoms with Crippen LogP contribution in [0.3, 0.4) is 0 Å². The molecule has 12 nitrogen and oxygen atoms in total. The Morgan fingerprint density at radius 1 is 1.14 bits per heavy atom. The van der Waals surface area contributed by atoms with Gasteiger partial charge in [-0.15, -0.1) is 0 Å². The first-order valence-electron chi connectivity index (χ1n) is 11.8. The number of carbonyl (C=O) groups excluding carboxylic acids is 2. The number of esters is 2. The zero-order valence-electron chi connectivity index (χ0n) is 21.7. The molecular formula is C24H37N3O9S. The molecule has 1 fully saturated rings. The highest BCUT2D eigenvalue weighted by molar-refractivity contribution is 7.89. The first kappa shape index (κ1) is 32.0. The van der Waals surface area contributed by atoms with Crippen LogP contribution in [0.1, 0.15) is 39.2 Å². The lowest BCUT2D eigenvalue weighted by atomic mass is 9.94. The Bertz CT molecular complexity index is 1020. The van der Waals surface area contributed by atoms with E-state index < -0.39 is 22.0 Å². The van der Waals surface area contributed by atoms with Crippen molar-refractivity contribution in [1.82, 2.24) is 4.31 Å². The summed E-state index contributed by atoms with van der Waals surface area (Å²) >= 11 is 0. The summed E-state index contributed by atoms with van der Waals surface area (Å²) in [6.07, 6.45) is 2.95. The molecule has 1 aromatic rings. The van der Waals surface area contributed by atoms with Crippen LogP contribution in [0.4, 0.5) is 0 Å². The zero-order chi connectivity index (χ0) is 27.9. The summed E-state index contributed by atoms with van der Waals surface area (Å²) in [4.78, 5) is 27.2. The molecule has 0 unspecified atom stereocenters. The van der Waals surface area contributed by atoms with Crippen LogP contribution in [-0.2, 0) is 38.7 Å². The van der Waals surface area contributed by atoms with E-state index in [-0.39, 0.29) is 31.2 Å². The smallest absolute Gasteiger partial charge is 0.377 e. The highest BCUT2D eigenvalue weighted by atomic mass is 32.2. The number of piperidine rings is 1. The number of ether oxygens (including phenoxy) is 3. The van der Waals surface area contributed by atoms with Crippen molar-refractivity contribution in [3.8, 4) is 0 Å². The molecule has 1 heterocycles. The molecule has 0 aliphatic carbocycles. The molecule has 1 saturated heterocycles. The van der Waals surface area contributed by atoms with Crippen LogP contribution in [-0.4, -0.2) is 81.2 Å². The summed E-state index contributed by atoms with van der Waals surface area (Å²) in [6, 6.07) is 6.93. The highest BCUT2D eigenvalue weighted by Gasteiger charge is 2.36. The molecule has 1 aliphatic rings. The zero-order valence-corrected chi connectivity index (χ0v) is 22.5. The van der Waals surface area contributed by atoms with Crippen LogP contribution in [0.2, 0.25) is 0 Å². The van der Waals surface area contributed by atoms with E-state index in [4.69, 9.17) is 15.6 Å². The average molecular weight is 544 g/mol. The predicted molar refractivity (Wildman–Crippen MR) is 136 cm³/mol. The van der Waals surface area contributed by atoms with Crippen molar-refractivity contribution in [2.24, 2.45) is 10.9 Å². The number of aliphatic hydroxyl groups excluding tert-OH is 1. The highest BCUT2D eigenvalue weighted by Crippen LogP contribution is 2.29. The van der Waals surface area contributed by atoms with Gasteiger partial charge in [0.1, 0.15) is 6.34 Å². The van der Waals surface area contributed by atoms with Gasteiger partial charge in [-0.05, 0) is 52.7 Å². The Morgan fingerprint density at radius 3 is 2.24 bits per heavy atom. The van der Waals surface area contributed by atoms with Crippen LogP contribution in [0.15, 0.2) is 46.2 Å². The van der Waals surface area contributed by atoms with Gasteiger partial charge in [-0.3, -0.25) is 0 Å². The molecule has 0 saturated carbocycles. The lowest BCUT2D eigenvalue weighted by molar-refractivity contribution is -0.144. The molecular weight excluding hydrogens is 506 g/mol. The molecule has 1 aromatic carbocycles. The summed E-state index contributed by atoms with van der Waals surface area (Å²) < 4.78 is 41.5. The standard InChI is InChI=1S/C15H23NO4S.C9H14N2O5/c1-13-3-5-14(6-4-13)21(18,19)16-9-7-15(2,8-10-16)20-12-11-17;1-3-14-8(12)5-7(16-11-6-10)9(13)15-4-2/h3-6,17H,7-12H2,1-2H3;5-6H,3-4H2,1-2H3,(H2,10,11)/b;7-5+. The van der Waals surface area contributed by atoms with Gasteiger partial charge in [0, 0.05) is 13.1 Å². The Morgan fingerprint density at radius 2 is 1.73 bits per heavy atom. The monoisotopic (exact) mass is 543 g/mol. The van der Waals surface area contributed by atoms with Gasteiger partial charge in [-0.2, -0.15) is 4.31 Å². The van der Waals surface area contributed by atoms with E-state index in [1.807, 2.05) is 26.0 Å². The molecule has 0 atom stereocenters. The minimum absolute atomic E-state index is 0.0129. The molecule has 1 aliphatic heterocycles. The average Bonchev–Trinajstić information content (AvgIpc) is 2.86. The summed E-state index contributed by atoms with van der Waals surface area (Å²) in [7, 11) is -3.42. The van der Waals surface area contributed by atoms with Crippen molar-refractivity contribution in [2.45, 2.75) is 51.0 Å². The number of sulfonamides is 1. The summed E-state index contributed by atoms with van der Waals surface area (Å²) in [5.74, 6) is -1.93. The van der Waals surface area contributed by atoms with Crippen LogP contribution >= 0.6 is 0 Å². The van der Waals surface area contributed by atoms with Crippen LogP contribution in [0.5, 0.6) is 0 Å². The van der Waals surface area contributed by atoms with Gasteiger partial charge < -0.3 is 29.9 Å². The SMILES string of the molecule is CCOC(=O)/C=C(/O/N=C\N)C(=O)OCC.Cc1ccc(S(=O)(=O)N2CCC(C)(OCCO)CC2)cc1. The summed E-state index contributed by atoms with van der Waals surface area (Å²) in [5, 5.41) is 12.0. The maximum absolute atomic E-state index is 12.6. The van der Waals surface area contributed by atoms with Crippen molar-refractivity contribution in [2.75, 3.05) is 39.5 Å². The quantitative estimate of drug-likeness (QED) is 0.104. The molecule has 208 valence electrons. The predicted octanol–water partition coefficient (Wildman–Crippen LogP) is 1.46. The number of aliphatic hydroxyl groups is 1. The van der Waals surface area contributed by atoms with Gasteiger partial charge >= 0.3 is 11.9 Å². The first-order chi connectivity index (χ1) is 17.5. The summed E-state index contributed by atoms with van der Waals surface area (Å²) in [6.45, 7) is 8.65. The number of nitrogens with two attached hydrogens (primary N) is 1. The normalized spacial score (nSPS) is 16.0. The van der Waals surface area contributed by atoms with Crippen LogP contribution in [0, 0.1) is 6.92 Å². The first-order valence-corrected chi connectivity index (χ1v) is 13.2. The second-order valence-electron chi connectivity index (χ2n) is 8.07. The van der Waals surface area contributed by atoms with Gasteiger partial charge in [-0.1, -0.05) is 22.9 Å². The molecule has 2 rings (SSSR count). The number of aryl methyl sites for hydroxylation is 1. The fourth-order valence-electron chi connectivity index (χ4n) is 3.20. The second-order valence-corrected chi connectivity index (χ2v) is 10.0. The lowest BCUT2D eigenvalue weighted by Gasteiger charge is -2.38.